The maximum Gasteiger partial charge on any atom is 0.312 e. The van der Waals surface area contributed by atoms with Gasteiger partial charge in [0.25, 0.3) is 0 Å². The minimum Gasteiger partial charge on any atom is -0.481 e. The third kappa shape index (κ3) is 4.81. The standard InChI is InChI=1S/C19H27NO3/c1-13(2)14-8-10-16(11-9-14)18(21)20-12-17(19(22)23)15-6-4-3-5-7-15/h3-7,13-14,16-17H,8-12H2,1-2H3,(H,20,21)(H,22,23). The van der Waals surface area contributed by atoms with Gasteiger partial charge in [0.15, 0.2) is 0 Å². The summed E-state index contributed by atoms with van der Waals surface area (Å²) < 4.78 is 0. The number of carbonyl (C=O) groups is 2. The summed E-state index contributed by atoms with van der Waals surface area (Å²) in [5.41, 5.74) is 0.726. The minimum absolute atomic E-state index is 0.00869. The number of nitrogens with one attached hydrogen (secondary N) is 1. The normalized spacial score (nSPS) is 22.6. The van der Waals surface area contributed by atoms with Crippen LogP contribution >= 0.6 is 0 Å². The Morgan fingerprint density at radius 3 is 2.26 bits per heavy atom. The Morgan fingerprint density at radius 2 is 1.74 bits per heavy atom. The highest BCUT2D eigenvalue weighted by Crippen LogP contribution is 2.33. The van der Waals surface area contributed by atoms with Crippen molar-refractivity contribution in [2.24, 2.45) is 17.8 Å². The Balaban J connectivity index is 1.87. The first kappa shape index (κ1) is 17.5. The first-order valence-electron chi connectivity index (χ1n) is 8.54. The lowest BCUT2D eigenvalue weighted by molar-refractivity contribution is -0.138. The van der Waals surface area contributed by atoms with Crippen LogP contribution in [0.25, 0.3) is 0 Å². The number of carboxylic acid groups (broad SMARTS) is 1. The maximum atomic E-state index is 12.3. The summed E-state index contributed by atoms with van der Waals surface area (Å²) >= 11 is 0. The molecule has 1 atom stereocenters. The second kappa shape index (κ2) is 8.14. The Labute approximate surface area is 138 Å². The van der Waals surface area contributed by atoms with Crippen LogP contribution in [0.2, 0.25) is 0 Å². The molecule has 1 saturated carbocycles. The van der Waals surface area contributed by atoms with E-state index in [2.05, 4.69) is 19.2 Å². The average Bonchev–Trinajstić information content (AvgIpc) is 2.55. The van der Waals surface area contributed by atoms with E-state index in [1.54, 1.807) is 12.1 Å². The molecule has 0 heterocycles. The summed E-state index contributed by atoms with van der Waals surface area (Å²) in [6, 6.07) is 9.08. The Hall–Kier alpha value is -1.84. The van der Waals surface area contributed by atoms with Gasteiger partial charge in [0.1, 0.15) is 0 Å². The summed E-state index contributed by atoms with van der Waals surface area (Å²) in [5, 5.41) is 12.3. The van der Waals surface area contributed by atoms with E-state index in [1.807, 2.05) is 18.2 Å². The topological polar surface area (TPSA) is 66.4 Å². The third-order valence-corrected chi connectivity index (χ3v) is 5.07. The van der Waals surface area contributed by atoms with Gasteiger partial charge in [0.05, 0.1) is 5.92 Å². The smallest absolute Gasteiger partial charge is 0.312 e. The van der Waals surface area contributed by atoms with Gasteiger partial charge in [-0.2, -0.15) is 0 Å². The maximum absolute atomic E-state index is 12.3. The van der Waals surface area contributed by atoms with Gasteiger partial charge in [-0.25, -0.2) is 0 Å². The zero-order valence-corrected chi connectivity index (χ0v) is 14.0. The quantitative estimate of drug-likeness (QED) is 0.844. The molecule has 4 nitrogen and oxygen atoms in total. The molecular weight excluding hydrogens is 290 g/mol. The van der Waals surface area contributed by atoms with E-state index < -0.39 is 11.9 Å². The second-order valence-electron chi connectivity index (χ2n) is 6.90. The van der Waals surface area contributed by atoms with Crippen molar-refractivity contribution in [3.05, 3.63) is 35.9 Å². The van der Waals surface area contributed by atoms with Gasteiger partial charge >= 0.3 is 5.97 Å². The number of hydrogen-bond acceptors (Lipinski definition) is 2. The minimum atomic E-state index is -0.903. The molecule has 126 valence electrons. The molecule has 23 heavy (non-hydrogen) atoms. The van der Waals surface area contributed by atoms with Gasteiger partial charge in [-0.3, -0.25) is 9.59 Å². The zero-order valence-electron chi connectivity index (χ0n) is 14.0. The molecule has 1 aromatic carbocycles. The fourth-order valence-electron chi connectivity index (χ4n) is 3.43. The molecule has 0 saturated heterocycles. The predicted octanol–water partition coefficient (Wildman–Crippen LogP) is 3.43. The molecule has 1 fully saturated rings. The van der Waals surface area contributed by atoms with Crippen molar-refractivity contribution in [3.63, 3.8) is 0 Å². The number of carboxylic acids is 1. The van der Waals surface area contributed by atoms with E-state index in [-0.39, 0.29) is 18.4 Å². The molecule has 2 N–H and O–H groups in total. The first-order valence-corrected chi connectivity index (χ1v) is 8.54. The third-order valence-electron chi connectivity index (χ3n) is 5.07. The highest BCUT2D eigenvalue weighted by Gasteiger charge is 2.28. The summed E-state index contributed by atoms with van der Waals surface area (Å²) in [6.45, 7) is 4.63. The highest BCUT2D eigenvalue weighted by molar-refractivity contribution is 5.81. The van der Waals surface area contributed by atoms with Gasteiger partial charge in [0.2, 0.25) is 5.91 Å². The van der Waals surface area contributed by atoms with E-state index in [4.69, 9.17) is 0 Å². The molecule has 4 heteroatoms. The van der Waals surface area contributed by atoms with Crippen LogP contribution in [0.15, 0.2) is 30.3 Å². The van der Waals surface area contributed by atoms with E-state index in [1.165, 1.54) is 0 Å². The number of rotatable bonds is 6. The van der Waals surface area contributed by atoms with Crippen LogP contribution in [0.3, 0.4) is 0 Å². The number of carbonyl (C=O) groups excluding carboxylic acids is 1. The fraction of sp³-hybridized carbons (Fsp3) is 0.579. The van der Waals surface area contributed by atoms with Crippen molar-refractivity contribution in [1.29, 1.82) is 0 Å². The summed E-state index contributed by atoms with van der Waals surface area (Å²) in [5.74, 6) is -0.152. The Morgan fingerprint density at radius 1 is 1.13 bits per heavy atom. The van der Waals surface area contributed by atoms with Gasteiger partial charge in [-0.15, -0.1) is 0 Å². The average molecular weight is 317 g/mol. The van der Waals surface area contributed by atoms with E-state index in [9.17, 15) is 14.7 Å². The van der Waals surface area contributed by atoms with Crippen LogP contribution in [0.1, 0.15) is 51.0 Å². The fourth-order valence-corrected chi connectivity index (χ4v) is 3.43. The first-order chi connectivity index (χ1) is 11.0. The largest absolute Gasteiger partial charge is 0.481 e. The van der Waals surface area contributed by atoms with Crippen molar-refractivity contribution in [2.45, 2.75) is 45.4 Å². The highest BCUT2D eigenvalue weighted by atomic mass is 16.4. The van der Waals surface area contributed by atoms with Crippen LogP contribution in [-0.4, -0.2) is 23.5 Å². The number of hydrogen-bond donors (Lipinski definition) is 2. The van der Waals surface area contributed by atoms with Gasteiger partial charge in [-0.1, -0.05) is 44.2 Å². The van der Waals surface area contributed by atoms with Crippen LogP contribution in [0.4, 0.5) is 0 Å². The summed E-state index contributed by atoms with van der Waals surface area (Å²) in [4.78, 5) is 23.8. The Kier molecular flexibility index (Phi) is 6.20. The van der Waals surface area contributed by atoms with Crippen LogP contribution in [0, 0.1) is 17.8 Å². The van der Waals surface area contributed by atoms with E-state index in [0.29, 0.717) is 5.92 Å². The van der Waals surface area contributed by atoms with Crippen LogP contribution in [0.5, 0.6) is 0 Å². The van der Waals surface area contributed by atoms with Crippen molar-refractivity contribution in [1.82, 2.24) is 5.32 Å². The number of benzene rings is 1. The molecule has 1 unspecified atom stereocenters. The molecule has 1 aromatic rings. The van der Waals surface area contributed by atoms with Gasteiger partial charge < -0.3 is 10.4 Å². The zero-order chi connectivity index (χ0) is 16.8. The van der Waals surface area contributed by atoms with E-state index in [0.717, 1.165) is 37.2 Å². The Bertz CT molecular complexity index is 519. The molecule has 1 aliphatic carbocycles. The van der Waals surface area contributed by atoms with Crippen LogP contribution in [-0.2, 0) is 9.59 Å². The number of amides is 1. The molecular formula is C19H27NO3. The van der Waals surface area contributed by atoms with Crippen molar-refractivity contribution in [2.75, 3.05) is 6.54 Å². The van der Waals surface area contributed by atoms with Crippen molar-refractivity contribution < 1.29 is 14.7 Å². The van der Waals surface area contributed by atoms with Gasteiger partial charge in [-0.05, 0) is 43.1 Å². The number of aliphatic carboxylic acids is 1. The van der Waals surface area contributed by atoms with Gasteiger partial charge in [0, 0.05) is 12.5 Å². The molecule has 2 rings (SSSR count). The van der Waals surface area contributed by atoms with Crippen LogP contribution < -0.4 is 5.32 Å². The predicted molar refractivity (Wildman–Crippen MR) is 90.1 cm³/mol. The summed E-state index contributed by atoms with van der Waals surface area (Å²) in [7, 11) is 0. The summed E-state index contributed by atoms with van der Waals surface area (Å²) in [6.07, 6.45) is 4.02. The van der Waals surface area contributed by atoms with E-state index >= 15 is 0 Å². The lowest BCUT2D eigenvalue weighted by Gasteiger charge is -2.30. The SMILES string of the molecule is CC(C)C1CCC(C(=O)NCC(C(=O)O)c2ccccc2)CC1. The molecule has 0 bridgehead atoms. The molecule has 0 spiro atoms. The van der Waals surface area contributed by atoms with Crippen molar-refractivity contribution >= 4 is 11.9 Å². The molecule has 0 aliphatic heterocycles. The lowest BCUT2D eigenvalue weighted by atomic mass is 9.76. The van der Waals surface area contributed by atoms with Crippen molar-refractivity contribution in [3.8, 4) is 0 Å². The monoisotopic (exact) mass is 317 g/mol. The molecule has 1 aliphatic rings. The molecule has 0 aromatic heterocycles. The second-order valence-corrected chi connectivity index (χ2v) is 6.90. The lowest BCUT2D eigenvalue weighted by Crippen LogP contribution is -2.37. The molecule has 1 amide bonds. The molecule has 0 radical (unpaired) electrons.